The van der Waals surface area contributed by atoms with Gasteiger partial charge in [-0.15, -0.1) is 0 Å². The quantitative estimate of drug-likeness (QED) is 0.628. The van der Waals surface area contributed by atoms with E-state index in [0.29, 0.717) is 0 Å². The molecule has 0 radical (unpaired) electrons. The van der Waals surface area contributed by atoms with E-state index in [-0.39, 0.29) is 0 Å². The van der Waals surface area contributed by atoms with E-state index >= 15 is 0 Å². The van der Waals surface area contributed by atoms with Crippen LogP contribution in [0.15, 0.2) is 35.1 Å². The molecule has 0 saturated carbocycles. The van der Waals surface area contributed by atoms with Crippen molar-refractivity contribution in [1.82, 2.24) is 19.7 Å². The highest BCUT2D eigenvalue weighted by atomic mass is 32.2. The maximum Gasteiger partial charge on any atom is 0.169 e. The predicted molar refractivity (Wildman–Crippen MR) is 66.6 cm³/mol. The van der Waals surface area contributed by atoms with Crippen LogP contribution < -0.4 is 5.32 Å². The summed E-state index contributed by atoms with van der Waals surface area (Å²) in [4.78, 5) is 8.34. The van der Waals surface area contributed by atoms with Gasteiger partial charge in [0.25, 0.3) is 0 Å². The van der Waals surface area contributed by atoms with Crippen LogP contribution in [0.1, 0.15) is 5.69 Å². The van der Waals surface area contributed by atoms with Crippen LogP contribution in [0.4, 0.5) is 0 Å². The lowest BCUT2D eigenvalue weighted by molar-refractivity contribution is 0.715. The molecule has 6 heteroatoms. The van der Waals surface area contributed by atoms with Crippen molar-refractivity contribution in [2.24, 2.45) is 0 Å². The lowest BCUT2D eigenvalue weighted by Crippen LogP contribution is -2.17. The van der Waals surface area contributed by atoms with Gasteiger partial charge in [0.2, 0.25) is 0 Å². The average Bonchev–Trinajstić information content (AvgIpc) is 2.83. The van der Waals surface area contributed by atoms with Crippen LogP contribution in [-0.2, 0) is 6.54 Å². The number of nitrogens with one attached hydrogen (secondary N) is 1. The van der Waals surface area contributed by atoms with E-state index < -0.39 is 0 Å². The van der Waals surface area contributed by atoms with Gasteiger partial charge in [-0.05, 0) is 23.7 Å². The molecule has 2 heterocycles. The number of hydrogen-bond acceptors (Lipinski definition) is 6. The topological polar surface area (TPSA) is 50.7 Å². The van der Waals surface area contributed by atoms with Crippen LogP contribution in [0, 0.1) is 0 Å². The lowest BCUT2D eigenvalue weighted by atomic mass is 10.3. The molecule has 2 rings (SSSR count). The monoisotopic (exact) mass is 252 g/mol. The molecule has 0 amide bonds. The SMILES string of the molecule is c1ccc(CNCCSc2ncns2)nc1. The summed E-state index contributed by atoms with van der Waals surface area (Å²) < 4.78 is 4.98. The maximum atomic E-state index is 4.24. The Bertz CT molecular complexity index is 390. The zero-order valence-electron chi connectivity index (χ0n) is 8.67. The van der Waals surface area contributed by atoms with Crippen molar-refractivity contribution in [3.8, 4) is 0 Å². The highest BCUT2D eigenvalue weighted by molar-refractivity contribution is 8.00. The van der Waals surface area contributed by atoms with E-state index in [0.717, 1.165) is 28.9 Å². The molecular formula is C10H12N4S2. The fourth-order valence-electron chi connectivity index (χ4n) is 1.16. The molecule has 2 aromatic heterocycles. The molecule has 0 aromatic carbocycles. The molecular weight excluding hydrogens is 240 g/mol. The van der Waals surface area contributed by atoms with Gasteiger partial charge >= 0.3 is 0 Å². The first kappa shape index (κ1) is 11.5. The second kappa shape index (κ2) is 6.57. The van der Waals surface area contributed by atoms with Gasteiger partial charge in [0, 0.05) is 25.0 Å². The first-order valence-corrected chi connectivity index (χ1v) is 6.71. The standard InChI is InChI=1S/C10H12N4S2/c1-2-4-12-9(3-1)7-11-5-6-15-10-13-8-14-16-10/h1-4,8,11H,5-7H2. The van der Waals surface area contributed by atoms with Crippen molar-refractivity contribution < 1.29 is 0 Å². The van der Waals surface area contributed by atoms with Gasteiger partial charge in [0.05, 0.1) is 5.69 Å². The second-order valence-electron chi connectivity index (χ2n) is 3.05. The summed E-state index contributed by atoms with van der Waals surface area (Å²) >= 11 is 3.16. The van der Waals surface area contributed by atoms with E-state index in [1.807, 2.05) is 24.4 Å². The summed E-state index contributed by atoms with van der Waals surface area (Å²) in [5.74, 6) is 1.00. The van der Waals surface area contributed by atoms with Gasteiger partial charge in [-0.2, -0.15) is 4.37 Å². The Morgan fingerprint density at radius 1 is 1.31 bits per heavy atom. The highest BCUT2D eigenvalue weighted by Crippen LogP contribution is 2.16. The van der Waals surface area contributed by atoms with Crippen LogP contribution in [0.25, 0.3) is 0 Å². The van der Waals surface area contributed by atoms with Crippen molar-refractivity contribution in [2.75, 3.05) is 12.3 Å². The number of aromatic nitrogens is 3. The molecule has 0 fully saturated rings. The molecule has 0 unspecified atom stereocenters. The third-order valence-corrected chi connectivity index (χ3v) is 3.68. The van der Waals surface area contributed by atoms with Gasteiger partial charge in [0.1, 0.15) is 6.33 Å². The Labute approximate surface area is 103 Å². The van der Waals surface area contributed by atoms with E-state index in [9.17, 15) is 0 Å². The summed E-state index contributed by atoms with van der Waals surface area (Å²) in [6.07, 6.45) is 3.40. The van der Waals surface area contributed by atoms with E-state index in [1.54, 1.807) is 18.1 Å². The summed E-state index contributed by atoms with van der Waals surface area (Å²) in [7, 11) is 0. The third-order valence-electron chi connectivity index (χ3n) is 1.88. The summed E-state index contributed by atoms with van der Waals surface area (Å²) in [5.41, 5.74) is 1.07. The Balaban J connectivity index is 1.59. The largest absolute Gasteiger partial charge is 0.310 e. The van der Waals surface area contributed by atoms with Gasteiger partial charge in [-0.1, -0.05) is 17.8 Å². The van der Waals surface area contributed by atoms with Crippen LogP contribution in [0.5, 0.6) is 0 Å². The van der Waals surface area contributed by atoms with Crippen LogP contribution in [0.3, 0.4) is 0 Å². The third kappa shape index (κ3) is 3.88. The van der Waals surface area contributed by atoms with Crippen LogP contribution >= 0.6 is 23.3 Å². The second-order valence-corrected chi connectivity index (χ2v) is 5.18. The van der Waals surface area contributed by atoms with Gasteiger partial charge < -0.3 is 5.32 Å². The molecule has 4 nitrogen and oxygen atoms in total. The van der Waals surface area contributed by atoms with Gasteiger partial charge in [-0.25, -0.2) is 4.98 Å². The maximum absolute atomic E-state index is 4.24. The Hall–Kier alpha value is -0.980. The van der Waals surface area contributed by atoms with E-state index in [1.165, 1.54) is 11.5 Å². The minimum absolute atomic E-state index is 0.817. The van der Waals surface area contributed by atoms with Gasteiger partial charge in [-0.3, -0.25) is 4.98 Å². The first-order chi connectivity index (χ1) is 7.95. The van der Waals surface area contributed by atoms with Crippen molar-refractivity contribution in [2.45, 2.75) is 10.9 Å². The van der Waals surface area contributed by atoms with Crippen LogP contribution in [-0.4, -0.2) is 26.6 Å². The van der Waals surface area contributed by atoms with Crippen molar-refractivity contribution in [1.29, 1.82) is 0 Å². The molecule has 0 aliphatic rings. The molecule has 0 aliphatic carbocycles. The molecule has 84 valence electrons. The smallest absolute Gasteiger partial charge is 0.169 e. The zero-order chi connectivity index (χ0) is 11.1. The molecule has 0 bridgehead atoms. The van der Waals surface area contributed by atoms with Gasteiger partial charge in [0.15, 0.2) is 4.34 Å². The first-order valence-electron chi connectivity index (χ1n) is 4.95. The summed E-state index contributed by atoms with van der Waals surface area (Å²) in [6.45, 7) is 1.76. The molecule has 2 aromatic rings. The molecule has 1 N–H and O–H groups in total. The number of nitrogens with zero attached hydrogens (tertiary/aromatic N) is 3. The summed E-state index contributed by atoms with van der Waals surface area (Å²) in [5, 5.41) is 3.34. The van der Waals surface area contributed by atoms with Crippen LogP contribution in [0.2, 0.25) is 0 Å². The fourth-order valence-corrected chi connectivity index (χ4v) is 2.57. The van der Waals surface area contributed by atoms with Crippen molar-refractivity contribution in [3.63, 3.8) is 0 Å². The molecule has 0 spiro atoms. The minimum Gasteiger partial charge on any atom is -0.310 e. The fraction of sp³-hybridized carbons (Fsp3) is 0.300. The molecule has 16 heavy (non-hydrogen) atoms. The normalized spacial score (nSPS) is 10.5. The number of hydrogen-bond donors (Lipinski definition) is 1. The number of rotatable bonds is 6. The predicted octanol–water partition coefficient (Wildman–Crippen LogP) is 1.81. The minimum atomic E-state index is 0.817. The summed E-state index contributed by atoms with van der Waals surface area (Å²) in [6, 6.07) is 5.94. The molecule has 0 atom stereocenters. The van der Waals surface area contributed by atoms with Crippen molar-refractivity contribution in [3.05, 3.63) is 36.4 Å². The van der Waals surface area contributed by atoms with E-state index in [2.05, 4.69) is 19.7 Å². The number of pyridine rings is 1. The van der Waals surface area contributed by atoms with E-state index in [4.69, 9.17) is 0 Å². The van der Waals surface area contributed by atoms with Crippen molar-refractivity contribution >= 4 is 23.3 Å². The lowest BCUT2D eigenvalue weighted by Gasteiger charge is -2.02. The highest BCUT2D eigenvalue weighted by Gasteiger charge is 1.97. The Morgan fingerprint density at radius 3 is 3.06 bits per heavy atom. The Morgan fingerprint density at radius 2 is 2.31 bits per heavy atom. The number of thioether (sulfide) groups is 1. The average molecular weight is 252 g/mol. The molecule has 0 saturated heterocycles. The Kier molecular flexibility index (Phi) is 4.72. The zero-order valence-corrected chi connectivity index (χ0v) is 10.3. The molecule has 0 aliphatic heterocycles.